The van der Waals surface area contributed by atoms with Crippen molar-refractivity contribution in [3.63, 3.8) is 0 Å². The van der Waals surface area contributed by atoms with E-state index in [9.17, 15) is 9.59 Å². The predicted octanol–water partition coefficient (Wildman–Crippen LogP) is 5.02. The number of nitrogens with zero attached hydrogens (tertiary/aromatic N) is 3. The van der Waals surface area contributed by atoms with E-state index in [2.05, 4.69) is 20.5 Å². The summed E-state index contributed by atoms with van der Waals surface area (Å²) < 4.78 is 0. The topological polar surface area (TPSA) is 77.6 Å². The molecule has 7 nitrogen and oxygen atoms in total. The molecule has 2 heterocycles. The number of hydrogen-bond acceptors (Lipinski definition) is 5. The summed E-state index contributed by atoms with van der Waals surface area (Å²) in [6.07, 6.45) is 0. The Morgan fingerprint density at radius 2 is 1.72 bits per heavy atom. The van der Waals surface area contributed by atoms with Crippen molar-refractivity contribution < 1.29 is 9.59 Å². The molecule has 3 aromatic rings. The average Bonchev–Trinajstić information content (AvgIpc) is 3.13. The lowest BCUT2D eigenvalue weighted by Gasteiger charge is -2.36. The van der Waals surface area contributed by atoms with Crippen molar-refractivity contribution >= 4 is 51.4 Å². The quantitative estimate of drug-likeness (QED) is 0.562. The Bertz CT molecular complexity index is 1120. The Kier molecular flexibility index (Phi) is 6.62. The molecular formula is C23H24ClN5O2S. The van der Waals surface area contributed by atoms with Gasteiger partial charge in [0.15, 0.2) is 5.13 Å². The van der Waals surface area contributed by atoms with Crippen LogP contribution in [0.25, 0.3) is 0 Å². The second-order valence-corrected chi connectivity index (χ2v) is 9.07. The number of carbonyl (C=O) groups is 2. The van der Waals surface area contributed by atoms with E-state index in [1.54, 1.807) is 6.92 Å². The fourth-order valence-corrected chi connectivity index (χ4v) is 4.65. The molecule has 166 valence electrons. The zero-order valence-electron chi connectivity index (χ0n) is 17.9. The number of urea groups is 1. The van der Waals surface area contributed by atoms with Crippen molar-refractivity contribution in [1.29, 1.82) is 0 Å². The number of anilines is 3. The molecule has 1 fully saturated rings. The first kappa shape index (κ1) is 22.1. The number of hydrogen-bond donors (Lipinski definition) is 2. The van der Waals surface area contributed by atoms with Crippen LogP contribution in [0.15, 0.2) is 48.5 Å². The van der Waals surface area contributed by atoms with Crippen LogP contribution in [-0.4, -0.2) is 48.0 Å². The molecule has 1 aliphatic heterocycles. The van der Waals surface area contributed by atoms with Gasteiger partial charge >= 0.3 is 6.03 Å². The van der Waals surface area contributed by atoms with E-state index in [1.807, 2.05) is 60.4 Å². The summed E-state index contributed by atoms with van der Waals surface area (Å²) in [6.45, 7) is 6.48. The number of amides is 3. The third kappa shape index (κ3) is 5.20. The van der Waals surface area contributed by atoms with Gasteiger partial charge in [0, 0.05) is 42.6 Å². The molecule has 1 saturated heterocycles. The van der Waals surface area contributed by atoms with Gasteiger partial charge in [-0.3, -0.25) is 10.1 Å². The minimum absolute atomic E-state index is 0.0529. The van der Waals surface area contributed by atoms with Gasteiger partial charge in [-0.25, -0.2) is 9.78 Å². The molecule has 4 rings (SSSR count). The Morgan fingerprint density at radius 3 is 2.41 bits per heavy atom. The van der Waals surface area contributed by atoms with Crippen molar-refractivity contribution in [3.8, 4) is 0 Å². The maximum absolute atomic E-state index is 13.1. The third-order valence-electron chi connectivity index (χ3n) is 5.25. The summed E-state index contributed by atoms with van der Waals surface area (Å²) in [5.41, 5.74) is 3.47. The van der Waals surface area contributed by atoms with Crippen molar-refractivity contribution in [3.05, 3.63) is 69.7 Å². The number of thiazole rings is 1. The van der Waals surface area contributed by atoms with Gasteiger partial charge in [0.05, 0.1) is 5.69 Å². The van der Waals surface area contributed by atoms with Crippen LogP contribution in [0.5, 0.6) is 0 Å². The molecule has 2 N–H and O–H groups in total. The van der Waals surface area contributed by atoms with Crippen molar-refractivity contribution in [2.75, 3.05) is 41.7 Å². The van der Waals surface area contributed by atoms with E-state index in [-0.39, 0.29) is 11.9 Å². The molecule has 1 aromatic heterocycles. The number of carbonyl (C=O) groups excluding carboxylic acids is 2. The van der Waals surface area contributed by atoms with E-state index < -0.39 is 0 Å². The molecule has 0 aliphatic carbocycles. The molecule has 3 amide bonds. The first-order valence-corrected chi connectivity index (χ1v) is 11.5. The van der Waals surface area contributed by atoms with Crippen molar-refractivity contribution in [2.24, 2.45) is 0 Å². The highest BCUT2D eigenvalue weighted by Crippen LogP contribution is 2.26. The molecule has 0 spiro atoms. The van der Waals surface area contributed by atoms with E-state index in [4.69, 9.17) is 11.6 Å². The van der Waals surface area contributed by atoms with Crippen LogP contribution in [0.3, 0.4) is 0 Å². The SMILES string of the molecule is Cc1cccc(NC(=O)Nc2nc(C)c(C(=O)N3CCN(c4ccc(Cl)cc4)CC3)s2)c1. The van der Waals surface area contributed by atoms with E-state index in [1.165, 1.54) is 11.3 Å². The van der Waals surface area contributed by atoms with Crippen LogP contribution >= 0.6 is 22.9 Å². The summed E-state index contributed by atoms with van der Waals surface area (Å²) in [5.74, 6) is -0.0529. The van der Waals surface area contributed by atoms with Gasteiger partial charge in [0.25, 0.3) is 5.91 Å². The summed E-state index contributed by atoms with van der Waals surface area (Å²) in [6, 6.07) is 14.9. The Morgan fingerprint density at radius 1 is 1.00 bits per heavy atom. The number of halogens is 1. The lowest BCUT2D eigenvalue weighted by atomic mass is 10.2. The van der Waals surface area contributed by atoms with Crippen LogP contribution in [0, 0.1) is 13.8 Å². The Balaban J connectivity index is 1.35. The molecule has 9 heteroatoms. The van der Waals surface area contributed by atoms with E-state index >= 15 is 0 Å². The normalized spacial score (nSPS) is 13.7. The summed E-state index contributed by atoms with van der Waals surface area (Å²) in [4.78, 5) is 34.4. The van der Waals surface area contributed by atoms with Crippen LogP contribution in [0.1, 0.15) is 20.9 Å². The van der Waals surface area contributed by atoms with Crippen LogP contribution < -0.4 is 15.5 Å². The summed E-state index contributed by atoms with van der Waals surface area (Å²) >= 11 is 7.17. The van der Waals surface area contributed by atoms with E-state index in [0.717, 1.165) is 24.3 Å². The first-order valence-electron chi connectivity index (χ1n) is 10.3. The zero-order valence-corrected chi connectivity index (χ0v) is 19.5. The zero-order chi connectivity index (χ0) is 22.7. The second-order valence-electron chi connectivity index (χ2n) is 7.64. The highest BCUT2D eigenvalue weighted by atomic mass is 35.5. The van der Waals surface area contributed by atoms with E-state index in [0.29, 0.717) is 39.5 Å². The van der Waals surface area contributed by atoms with Gasteiger partial charge in [0.2, 0.25) is 0 Å². The van der Waals surface area contributed by atoms with Crippen LogP contribution in [0.4, 0.5) is 21.3 Å². The maximum atomic E-state index is 13.1. The number of aromatic nitrogens is 1. The Hall–Kier alpha value is -3.10. The molecule has 0 saturated carbocycles. The minimum Gasteiger partial charge on any atom is -0.368 e. The standard InChI is InChI=1S/C23H24ClN5O2S/c1-15-4-3-5-18(14-15)26-22(31)27-23-25-16(2)20(32-23)21(30)29-12-10-28(11-13-29)19-8-6-17(24)7-9-19/h3-9,14H,10-13H2,1-2H3,(H2,25,26,27,31). The minimum atomic E-state index is -0.389. The van der Waals surface area contributed by atoms with Gasteiger partial charge in [0.1, 0.15) is 4.88 Å². The molecule has 0 atom stereocenters. The molecular weight excluding hydrogens is 446 g/mol. The third-order valence-corrected chi connectivity index (χ3v) is 6.56. The largest absolute Gasteiger partial charge is 0.368 e. The highest BCUT2D eigenvalue weighted by Gasteiger charge is 2.26. The average molecular weight is 470 g/mol. The summed E-state index contributed by atoms with van der Waals surface area (Å²) in [5, 5.41) is 6.62. The lowest BCUT2D eigenvalue weighted by Crippen LogP contribution is -2.48. The fraction of sp³-hybridized carbons (Fsp3) is 0.261. The lowest BCUT2D eigenvalue weighted by molar-refractivity contribution is 0.0750. The van der Waals surface area contributed by atoms with Crippen LogP contribution in [0.2, 0.25) is 5.02 Å². The molecule has 1 aliphatic rings. The van der Waals surface area contributed by atoms with Gasteiger partial charge in [-0.1, -0.05) is 35.1 Å². The van der Waals surface area contributed by atoms with Gasteiger partial charge in [-0.2, -0.15) is 0 Å². The smallest absolute Gasteiger partial charge is 0.325 e. The van der Waals surface area contributed by atoms with Crippen molar-refractivity contribution in [2.45, 2.75) is 13.8 Å². The first-order chi connectivity index (χ1) is 15.4. The summed E-state index contributed by atoms with van der Waals surface area (Å²) in [7, 11) is 0. The number of nitrogens with one attached hydrogen (secondary N) is 2. The molecule has 0 unspecified atom stereocenters. The number of rotatable bonds is 4. The maximum Gasteiger partial charge on any atom is 0.325 e. The van der Waals surface area contributed by atoms with Gasteiger partial charge < -0.3 is 15.1 Å². The second kappa shape index (κ2) is 9.58. The number of benzene rings is 2. The van der Waals surface area contributed by atoms with Crippen molar-refractivity contribution in [1.82, 2.24) is 9.88 Å². The van der Waals surface area contributed by atoms with Crippen LogP contribution in [-0.2, 0) is 0 Å². The molecule has 32 heavy (non-hydrogen) atoms. The Labute approximate surface area is 196 Å². The highest BCUT2D eigenvalue weighted by molar-refractivity contribution is 7.17. The van der Waals surface area contributed by atoms with Gasteiger partial charge in [-0.05, 0) is 55.8 Å². The molecule has 0 bridgehead atoms. The van der Waals surface area contributed by atoms with Gasteiger partial charge in [-0.15, -0.1) is 0 Å². The fourth-order valence-electron chi connectivity index (χ4n) is 3.59. The number of aryl methyl sites for hydroxylation is 2. The molecule has 0 radical (unpaired) electrons. The number of piperazine rings is 1. The predicted molar refractivity (Wildman–Crippen MR) is 130 cm³/mol. The molecule has 2 aromatic carbocycles. The monoisotopic (exact) mass is 469 g/mol.